The summed E-state index contributed by atoms with van der Waals surface area (Å²) in [6, 6.07) is 21.0. The summed E-state index contributed by atoms with van der Waals surface area (Å²) in [5.41, 5.74) is 6.31. The third kappa shape index (κ3) is 3.21. The molecule has 0 N–H and O–H groups in total. The number of carbonyl (C=O) groups is 1. The number of hydrogen-bond donors (Lipinski definition) is 0. The third-order valence-electron chi connectivity index (χ3n) is 5.94. The number of halogens is 1. The molecule has 5 aromatic rings. The van der Waals surface area contributed by atoms with E-state index in [-0.39, 0.29) is 11.5 Å². The molecule has 33 heavy (non-hydrogen) atoms. The summed E-state index contributed by atoms with van der Waals surface area (Å²) in [4.78, 5) is 18.1. The molecule has 0 saturated heterocycles. The summed E-state index contributed by atoms with van der Waals surface area (Å²) in [6.07, 6.45) is 1.77. The molecule has 4 nitrogen and oxygen atoms in total. The molecule has 0 amide bonds. The van der Waals surface area contributed by atoms with Crippen LogP contribution in [-0.4, -0.2) is 10.8 Å². The molecule has 0 radical (unpaired) electrons. The fraction of sp³-hybridized carbons (Fsp3) is 0.0714. The molecule has 0 aliphatic carbocycles. The maximum Gasteiger partial charge on any atom is 0.228 e. The number of benzene rings is 3. The lowest BCUT2D eigenvalue weighted by Crippen LogP contribution is -2.08. The number of ketones is 1. The van der Waals surface area contributed by atoms with E-state index in [0.717, 1.165) is 39.1 Å². The van der Waals surface area contributed by atoms with Gasteiger partial charge >= 0.3 is 0 Å². The van der Waals surface area contributed by atoms with Gasteiger partial charge in [0, 0.05) is 39.4 Å². The zero-order valence-corrected chi connectivity index (χ0v) is 17.8. The largest absolute Gasteiger partial charge is 0.488 e. The fourth-order valence-corrected chi connectivity index (χ4v) is 4.33. The first-order chi connectivity index (χ1) is 16.1. The molecule has 0 atom stereocenters. The fourth-order valence-electron chi connectivity index (χ4n) is 4.33. The van der Waals surface area contributed by atoms with Crippen LogP contribution in [0.3, 0.4) is 0 Å². The van der Waals surface area contributed by atoms with Crippen LogP contribution in [0, 0.1) is 12.7 Å². The topological polar surface area (TPSA) is 52.3 Å². The molecule has 6 rings (SSSR count). The van der Waals surface area contributed by atoms with Gasteiger partial charge in [0.25, 0.3) is 0 Å². The van der Waals surface area contributed by atoms with Gasteiger partial charge in [-0.3, -0.25) is 9.78 Å². The van der Waals surface area contributed by atoms with Gasteiger partial charge in [-0.15, -0.1) is 0 Å². The summed E-state index contributed by atoms with van der Waals surface area (Å²) in [7, 11) is 0. The van der Waals surface area contributed by atoms with Crippen LogP contribution in [0.4, 0.5) is 4.39 Å². The Kier molecular flexibility index (Phi) is 4.37. The first kappa shape index (κ1) is 19.4. The lowest BCUT2D eigenvalue weighted by molar-refractivity contribution is 0.101. The van der Waals surface area contributed by atoms with E-state index in [1.165, 1.54) is 24.3 Å². The van der Waals surface area contributed by atoms with Crippen molar-refractivity contribution in [3.05, 3.63) is 107 Å². The zero-order chi connectivity index (χ0) is 22.5. The first-order valence-electron chi connectivity index (χ1n) is 10.6. The summed E-state index contributed by atoms with van der Waals surface area (Å²) in [6.45, 7) is 2.43. The smallest absolute Gasteiger partial charge is 0.228 e. The Morgan fingerprint density at radius 1 is 1.00 bits per heavy atom. The standard InChI is InChI=1S/C28H18FNO3/c1-16-6-11-23-22(12-16)26-19(15-32-23)13-18(14-30-26)25-21-4-2-3-5-24(21)33-28(25)27(31)17-7-9-20(29)10-8-17/h2-14H,15H2,1H3. The van der Waals surface area contributed by atoms with Crippen molar-refractivity contribution in [2.45, 2.75) is 13.5 Å². The predicted octanol–water partition coefficient (Wildman–Crippen LogP) is 6.73. The average molecular weight is 435 g/mol. The maximum absolute atomic E-state index is 13.4. The van der Waals surface area contributed by atoms with E-state index < -0.39 is 5.82 Å². The molecule has 0 unspecified atom stereocenters. The molecule has 3 heterocycles. The van der Waals surface area contributed by atoms with Gasteiger partial charge in [0.1, 0.15) is 23.8 Å². The number of fused-ring (bicyclic) bond motifs is 4. The van der Waals surface area contributed by atoms with Crippen LogP contribution in [-0.2, 0) is 6.61 Å². The van der Waals surface area contributed by atoms with Crippen LogP contribution in [0.5, 0.6) is 5.75 Å². The van der Waals surface area contributed by atoms with Gasteiger partial charge in [-0.2, -0.15) is 0 Å². The van der Waals surface area contributed by atoms with Gasteiger partial charge in [0.15, 0.2) is 5.76 Å². The van der Waals surface area contributed by atoms with E-state index in [1.807, 2.05) is 49.4 Å². The van der Waals surface area contributed by atoms with Gasteiger partial charge < -0.3 is 9.15 Å². The average Bonchev–Trinajstić information content (AvgIpc) is 3.23. The Bertz CT molecular complexity index is 1550. The molecule has 3 aromatic carbocycles. The monoisotopic (exact) mass is 435 g/mol. The summed E-state index contributed by atoms with van der Waals surface area (Å²) < 4.78 is 25.4. The number of nitrogens with zero attached hydrogens (tertiary/aromatic N) is 1. The number of para-hydroxylation sites is 1. The molecule has 0 fully saturated rings. The van der Waals surface area contributed by atoms with Crippen molar-refractivity contribution in [3.63, 3.8) is 0 Å². The van der Waals surface area contributed by atoms with E-state index in [2.05, 4.69) is 6.07 Å². The second-order valence-electron chi connectivity index (χ2n) is 8.16. The molecule has 160 valence electrons. The number of aryl methyl sites for hydroxylation is 1. The Morgan fingerprint density at radius 3 is 2.67 bits per heavy atom. The number of pyridine rings is 1. The van der Waals surface area contributed by atoms with Gasteiger partial charge in [-0.1, -0.05) is 29.8 Å². The molecule has 0 saturated carbocycles. The normalized spacial score (nSPS) is 12.2. The highest BCUT2D eigenvalue weighted by Crippen LogP contribution is 2.41. The number of carbonyl (C=O) groups excluding carboxylic acids is 1. The number of ether oxygens (including phenoxy) is 1. The molecular formula is C28H18FNO3. The molecule has 1 aliphatic rings. The van der Waals surface area contributed by atoms with E-state index in [0.29, 0.717) is 23.3 Å². The first-order valence-corrected chi connectivity index (χ1v) is 10.6. The minimum atomic E-state index is -0.397. The van der Waals surface area contributed by atoms with E-state index in [9.17, 15) is 9.18 Å². The van der Waals surface area contributed by atoms with E-state index in [4.69, 9.17) is 14.1 Å². The van der Waals surface area contributed by atoms with Crippen molar-refractivity contribution in [3.8, 4) is 28.1 Å². The van der Waals surface area contributed by atoms with Crippen molar-refractivity contribution in [1.29, 1.82) is 0 Å². The maximum atomic E-state index is 13.4. The Labute approximate surface area is 189 Å². The second-order valence-corrected chi connectivity index (χ2v) is 8.16. The van der Waals surface area contributed by atoms with Gasteiger partial charge in [-0.05, 0) is 55.5 Å². The third-order valence-corrected chi connectivity index (χ3v) is 5.94. The summed E-state index contributed by atoms with van der Waals surface area (Å²) in [5.74, 6) is 0.314. The number of furan rings is 1. The number of aromatic nitrogens is 1. The number of rotatable bonds is 3. The molecule has 0 bridgehead atoms. The van der Waals surface area contributed by atoms with Crippen LogP contribution >= 0.6 is 0 Å². The van der Waals surface area contributed by atoms with E-state index in [1.54, 1.807) is 6.20 Å². The lowest BCUT2D eigenvalue weighted by Gasteiger charge is -2.21. The number of hydrogen-bond acceptors (Lipinski definition) is 4. The predicted molar refractivity (Wildman–Crippen MR) is 124 cm³/mol. The van der Waals surface area contributed by atoms with Crippen molar-refractivity contribution in [2.75, 3.05) is 0 Å². The highest BCUT2D eigenvalue weighted by Gasteiger charge is 2.25. The minimum Gasteiger partial charge on any atom is -0.488 e. The van der Waals surface area contributed by atoms with Crippen molar-refractivity contribution < 1.29 is 18.3 Å². The van der Waals surface area contributed by atoms with Crippen LogP contribution in [0.2, 0.25) is 0 Å². The Morgan fingerprint density at radius 2 is 1.82 bits per heavy atom. The minimum absolute atomic E-state index is 0.206. The quantitative estimate of drug-likeness (QED) is 0.295. The van der Waals surface area contributed by atoms with E-state index >= 15 is 0 Å². The van der Waals surface area contributed by atoms with Gasteiger partial charge in [-0.25, -0.2) is 4.39 Å². The zero-order valence-electron chi connectivity index (χ0n) is 17.8. The molecule has 5 heteroatoms. The Hall–Kier alpha value is -4.25. The highest BCUT2D eigenvalue weighted by atomic mass is 19.1. The Balaban J connectivity index is 1.53. The second kappa shape index (κ2) is 7.41. The van der Waals surface area contributed by atoms with Crippen LogP contribution in [0.25, 0.3) is 33.4 Å². The van der Waals surface area contributed by atoms with Gasteiger partial charge in [0.05, 0.1) is 5.69 Å². The van der Waals surface area contributed by atoms with Crippen LogP contribution < -0.4 is 4.74 Å². The van der Waals surface area contributed by atoms with Crippen molar-refractivity contribution >= 4 is 16.8 Å². The summed E-state index contributed by atoms with van der Waals surface area (Å²) in [5, 5.41) is 0.817. The molecule has 2 aromatic heterocycles. The van der Waals surface area contributed by atoms with Crippen molar-refractivity contribution in [1.82, 2.24) is 4.98 Å². The lowest BCUT2D eigenvalue weighted by atomic mass is 9.95. The molecule has 1 aliphatic heterocycles. The van der Waals surface area contributed by atoms with Crippen LogP contribution in [0.15, 0.2) is 83.4 Å². The van der Waals surface area contributed by atoms with Gasteiger partial charge in [0.2, 0.25) is 5.78 Å². The summed E-state index contributed by atoms with van der Waals surface area (Å²) >= 11 is 0. The highest BCUT2D eigenvalue weighted by molar-refractivity contribution is 6.15. The molecular weight excluding hydrogens is 417 g/mol. The SMILES string of the molecule is Cc1ccc2c(c1)-c1ncc(-c3c(C(=O)c4ccc(F)cc4)oc4ccccc34)cc1CO2. The molecule has 0 spiro atoms. The van der Waals surface area contributed by atoms with Crippen molar-refractivity contribution in [2.24, 2.45) is 0 Å². The van der Waals surface area contributed by atoms with Crippen LogP contribution in [0.1, 0.15) is 27.2 Å².